The van der Waals surface area contributed by atoms with Gasteiger partial charge in [0.25, 0.3) is 0 Å². The maximum atomic E-state index is 12.9. The lowest BCUT2D eigenvalue weighted by Crippen LogP contribution is -2.34. The number of aromatic nitrogens is 2. The number of halogens is 3. The summed E-state index contributed by atoms with van der Waals surface area (Å²) in [6, 6.07) is 0. The summed E-state index contributed by atoms with van der Waals surface area (Å²) >= 11 is 0. The molecule has 0 aliphatic carbocycles. The number of aliphatic hydroxyl groups is 1. The van der Waals surface area contributed by atoms with Crippen molar-refractivity contribution in [2.45, 2.75) is 44.8 Å². The van der Waals surface area contributed by atoms with E-state index < -0.39 is 18.5 Å². The van der Waals surface area contributed by atoms with Gasteiger partial charge in [-0.05, 0) is 19.3 Å². The van der Waals surface area contributed by atoms with Gasteiger partial charge in [-0.2, -0.15) is 18.3 Å². The third-order valence-electron chi connectivity index (χ3n) is 3.74. The van der Waals surface area contributed by atoms with E-state index in [4.69, 9.17) is 5.11 Å². The highest BCUT2D eigenvalue weighted by atomic mass is 19.4. The van der Waals surface area contributed by atoms with Gasteiger partial charge in [-0.3, -0.25) is 9.48 Å². The van der Waals surface area contributed by atoms with Crippen molar-refractivity contribution in [1.82, 2.24) is 14.7 Å². The van der Waals surface area contributed by atoms with Crippen molar-refractivity contribution in [3.8, 4) is 0 Å². The van der Waals surface area contributed by atoms with Crippen LogP contribution in [0.1, 0.15) is 36.9 Å². The molecule has 1 aromatic rings. The van der Waals surface area contributed by atoms with Gasteiger partial charge < -0.3 is 10.0 Å². The number of nitrogens with zero attached hydrogens (tertiary/aromatic N) is 3. The van der Waals surface area contributed by atoms with Gasteiger partial charge in [0.15, 0.2) is 5.69 Å². The topological polar surface area (TPSA) is 58.4 Å². The SMILES string of the molecule is O=C(Cn1cc(CCO)c(C(F)(F)F)n1)N1CCCCCC1. The van der Waals surface area contributed by atoms with Gasteiger partial charge in [-0.1, -0.05) is 12.8 Å². The fourth-order valence-electron chi connectivity index (χ4n) is 2.64. The van der Waals surface area contributed by atoms with Crippen LogP contribution >= 0.6 is 0 Å². The van der Waals surface area contributed by atoms with Crippen LogP contribution in [0.2, 0.25) is 0 Å². The number of hydrogen-bond donors (Lipinski definition) is 1. The summed E-state index contributed by atoms with van der Waals surface area (Å²) in [6.45, 7) is 0.703. The number of rotatable bonds is 4. The Bertz CT molecular complexity index is 506. The number of hydrogen-bond acceptors (Lipinski definition) is 3. The van der Waals surface area contributed by atoms with Gasteiger partial charge in [0, 0.05) is 31.5 Å². The molecule has 0 atom stereocenters. The molecule has 1 saturated heterocycles. The molecule has 2 heterocycles. The minimum atomic E-state index is -4.58. The Hall–Kier alpha value is -1.57. The van der Waals surface area contributed by atoms with E-state index in [0.29, 0.717) is 13.1 Å². The summed E-state index contributed by atoms with van der Waals surface area (Å²) in [7, 11) is 0. The van der Waals surface area contributed by atoms with Crippen molar-refractivity contribution in [3.05, 3.63) is 17.5 Å². The molecule has 1 fully saturated rings. The lowest BCUT2D eigenvalue weighted by molar-refractivity contribution is -0.142. The molecule has 5 nitrogen and oxygen atoms in total. The van der Waals surface area contributed by atoms with Crippen molar-refractivity contribution < 1.29 is 23.1 Å². The number of alkyl halides is 3. The van der Waals surface area contributed by atoms with Gasteiger partial charge in [0.1, 0.15) is 6.54 Å². The first-order valence-corrected chi connectivity index (χ1v) is 7.44. The van der Waals surface area contributed by atoms with Crippen LogP contribution in [0.4, 0.5) is 13.2 Å². The maximum Gasteiger partial charge on any atom is 0.435 e. The standard InChI is InChI=1S/C14H20F3N3O2/c15-14(16,17)13-11(5-8-21)9-20(18-13)10-12(22)19-6-3-1-2-4-7-19/h9,21H,1-8,10H2. The zero-order valence-electron chi connectivity index (χ0n) is 12.3. The van der Waals surface area contributed by atoms with Crippen LogP contribution in [0.15, 0.2) is 6.20 Å². The van der Waals surface area contributed by atoms with E-state index in [1.54, 1.807) is 4.90 Å². The van der Waals surface area contributed by atoms with Crippen molar-refractivity contribution in [2.75, 3.05) is 19.7 Å². The quantitative estimate of drug-likeness (QED) is 0.921. The van der Waals surface area contributed by atoms with Crippen LogP contribution in [-0.4, -0.2) is 45.4 Å². The van der Waals surface area contributed by atoms with Crippen LogP contribution in [0.3, 0.4) is 0 Å². The number of aliphatic hydroxyl groups excluding tert-OH is 1. The fourth-order valence-corrected chi connectivity index (χ4v) is 2.64. The molecule has 2 rings (SSSR count). The molecular formula is C14H20F3N3O2. The zero-order chi connectivity index (χ0) is 16.2. The Labute approximate surface area is 126 Å². The highest BCUT2D eigenvalue weighted by molar-refractivity contribution is 5.75. The molecule has 1 aliphatic rings. The zero-order valence-corrected chi connectivity index (χ0v) is 12.3. The molecule has 8 heteroatoms. The van der Waals surface area contributed by atoms with Gasteiger partial charge in [-0.25, -0.2) is 0 Å². The highest BCUT2D eigenvalue weighted by Crippen LogP contribution is 2.30. The summed E-state index contributed by atoms with van der Waals surface area (Å²) in [5, 5.41) is 12.3. The molecule has 1 amide bonds. The predicted molar refractivity (Wildman–Crippen MR) is 73.1 cm³/mol. The second-order valence-electron chi connectivity index (χ2n) is 5.47. The van der Waals surface area contributed by atoms with E-state index in [9.17, 15) is 18.0 Å². The molecule has 0 aromatic carbocycles. The molecule has 1 aliphatic heterocycles. The monoisotopic (exact) mass is 319 g/mol. The van der Waals surface area contributed by atoms with Crippen molar-refractivity contribution in [1.29, 1.82) is 0 Å². The molecular weight excluding hydrogens is 299 g/mol. The Morgan fingerprint density at radius 2 is 1.86 bits per heavy atom. The fraction of sp³-hybridized carbons (Fsp3) is 0.714. The van der Waals surface area contributed by atoms with Crippen LogP contribution in [0.25, 0.3) is 0 Å². The average molecular weight is 319 g/mol. The number of carbonyl (C=O) groups is 1. The first kappa shape index (κ1) is 16.8. The Morgan fingerprint density at radius 1 is 1.23 bits per heavy atom. The highest BCUT2D eigenvalue weighted by Gasteiger charge is 2.37. The normalized spacial score (nSPS) is 16.6. The van der Waals surface area contributed by atoms with Gasteiger partial charge in [0.2, 0.25) is 5.91 Å². The van der Waals surface area contributed by atoms with Gasteiger partial charge >= 0.3 is 6.18 Å². The minimum Gasteiger partial charge on any atom is -0.396 e. The molecule has 0 unspecified atom stereocenters. The van der Waals surface area contributed by atoms with Crippen LogP contribution < -0.4 is 0 Å². The predicted octanol–water partition coefficient (Wildman–Crippen LogP) is 1.84. The van der Waals surface area contributed by atoms with Crippen molar-refractivity contribution >= 4 is 5.91 Å². The molecule has 1 N–H and O–H groups in total. The Kier molecular flexibility index (Phi) is 5.44. The smallest absolute Gasteiger partial charge is 0.396 e. The molecule has 0 saturated carbocycles. The van der Waals surface area contributed by atoms with E-state index in [0.717, 1.165) is 30.4 Å². The summed E-state index contributed by atoms with van der Waals surface area (Å²) in [4.78, 5) is 13.9. The minimum absolute atomic E-state index is 0.0846. The summed E-state index contributed by atoms with van der Waals surface area (Å²) < 4.78 is 39.7. The third-order valence-corrected chi connectivity index (χ3v) is 3.74. The summed E-state index contributed by atoms with van der Waals surface area (Å²) in [5.41, 5.74) is -1.11. The van der Waals surface area contributed by atoms with Gasteiger partial charge in [-0.15, -0.1) is 0 Å². The van der Waals surface area contributed by atoms with E-state index in [-0.39, 0.29) is 24.4 Å². The molecule has 0 bridgehead atoms. The average Bonchev–Trinajstić information content (AvgIpc) is 2.68. The molecule has 1 aromatic heterocycles. The number of carbonyl (C=O) groups excluding carboxylic acids is 1. The summed E-state index contributed by atoms with van der Waals surface area (Å²) in [5.74, 6) is -0.214. The van der Waals surface area contributed by atoms with E-state index in [1.165, 1.54) is 6.20 Å². The molecule has 0 spiro atoms. The summed E-state index contributed by atoms with van der Waals surface area (Å²) in [6.07, 6.45) is 0.487. The lowest BCUT2D eigenvalue weighted by Gasteiger charge is -2.20. The molecule has 22 heavy (non-hydrogen) atoms. The van der Waals surface area contributed by atoms with E-state index >= 15 is 0 Å². The van der Waals surface area contributed by atoms with E-state index in [2.05, 4.69) is 5.10 Å². The molecule has 124 valence electrons. The van der Waals surface area contributed by atoms with E-state index in [1.807, 2.05) is 0 Å². The first-order valence-electron chi connectivity index (χ1n) is 7.44. The Balaban J connectivity index is 2.10. The largest absolute Gasteiger partial charge is 0.435 e. The lowest BCUT2D eigenvalue weighted by atomic mass is 10.2. The third kappa shape index (κ3) is 4.22. The molecule has 0 radical (unpaired) electrons. The van der Waals surface area contributed by atoms with Crippen LogP contribution in [0.5, 0.6) is 0 Å². The first-order chi connectivity index (χ1) is 10.4. The van der Waals surface area contributed by atoms with Crippen molar-refractivity contribution in [3.63, 3.8) is 0 Å². The van der Waals surface area contributed by atoms with Crippen molar-refractivity contribution in [2.24, 2.45) is 0 Å². The Morgan fingerprint density at radius 3 is 2.41 bits per heavy atom. The van der Waals surface area contributed by atoms with Crippen LogP contribution in [0, 0.1) is 0 Å². The maximum absolute atomic E-state index is 12.9. The second-order valence-corrected chi connectivity index (χ2v) is 5.47. The van der Waals surface area contributed by atoms with Gasteiger partial charge in [0.05, 0.1) is 0 Å². The number of amides is 1. The number of likely N-dealkylation sites (tertiary alicyclic amines) is 1. The second kappa shape index (κ2) is 7.13. The van der Waals surface area contributed by atoms with Crippen LogP contribution in [-0.2, 0) is 23.9 Å².